The second kappa shape index (κ2) is 7.70. The number of nitrogens with zero attached hydrogens (tertiary/aromatic N) is 3. The minimum Gasteiger partial charge on any atom is -0.497 e. The van der Waals surface area contributed by atoms with E-state index in [1.807, 2.05) is 0 Å². The van der Waals surface area contributed by atoms with Gasteiger partial charge in [0.25, 0.3) is 0 Å². The standard InChI is InChI=1S/C17H21N3O3S/c1-22-12-7-8-13(15(10-12)23-2)14(21)11-24-17-19-18-16-6-4-3-5-9-20(16)17/h7-8,10H,3-6,9,11H2,1-2H3. The predicted molar refractivity (Wildman–Crippen MR) is 92.2 cm³/mol. The molecule has 2 heterocycles. The fourth-order valence-corrected chi connectivity index (χ4v) is 3.67. The van der Waals surface area contributed by atoms with E-state index in [2.05, 4.69) is 14.8 Å². The third kappa shape index (κ3) is 3.56. The van der Waals surface area contributed by atoms with E-state index in [1.165, 1.54) is 18.2 Å². The van der Waals surface area contributed by atoms with Gasteiger partial charge in [-0.3, -0.25) is 4.79 Å². The zero-order chi connectivity index (χ0) is 16.9. The minimum atomic E-state index is 0.00507. The van der Waals surface area contributed by atoms with Crippen molar-refractivity contribution in [1.82, 2.24) is 14.8 Å². The Bertz CT molecular complexity index is 730. The van der Waals surface area contributed by atoms with Crippen LogP contribution in [-0.4, -0.2) is 40.5 Å². The Morgan fingerprint density at radius 3 is 2.88 bits per heavy atom. The van der Waals surface area contributed by atoms with Crippen molar-refractivity contribution in [1.29, 1.82) is 0 Å². The largest absolute Gasteiger partial charge is 0.497 e. The molecule has 0 saturated carbocycles. The number of hydrogen-bond donors (Lipinski definition) is 0. The molecule has 0 saturated heterocycles. The van der Waals surface area contributed by atoms with Gasteiger partial charge in [0.15, 0.2) is 10.9 Å². The van der Waals surface area contributed by atoms with Gasteiger partial charge < -0.3 is 14.0 Å². The lowest BCUT2D eigenvalue weighted by atomic mass is 10.1. The Morgan fingerprint density at radius 1 is 1.21 bits per heavy atom. The zero-order valence-corrected chi connectivity index (χ0v) is 14.8. The molecule has 0 N–H and O–H groups in total. The number of carbonyl (C=O) groups is 1. The maximum Gasteiger partial charge on any atom is 0.191 e. The molecule has 0 unspecified atom stereocenters. The smallest absolute Gasteiger partial charge is 0.191 e. The molecule has 2 aromatic rings. The summed E-state index contributed by atoms with van der Waals surface area (Å²) in [7, 11) is 3.14. The average molecular weight is 347 g/mol. The summed E-state index contributed by atoms with van der Waals surface area (Å²) in [4.78, 5) is 12.6. The van der Waals surface area contributed by atoms with Gasteiger partial charge in [0, 0.05) is 19.0 Å². The molecule has 128 valence electrons. The molecule has 6 nitrogen and oxygen atoms in total. The van der Waals surface area contributed by atoms with Crippen LogP contribution in [0.3, 0.4) is 0 Å². The van der Waals surface area contributed by atoms with E-state index in [-0.39, 0.29) is 5.78 Å². The SMILES string of the molecule is COc1ccc(C(=O)CSc2nnc3n2CCCCC3)c(OC)c1. The molecule has 1 aromatic heterocycles. The second-order valence-corrected chi connectivity index (χ2v) is 6.58. The van der Waals surface area contributed by atoms with E-state index in [1.54, 1.807) is 32.4 Å². The van der Waals surface area contributed by atoms with Gasteiger partial charge in [-0.15, -0.1) is 10.2 Å². The number of Topliss-reactive ketones (excluding diaryl/α,β-unsaturated/α-hetero) is 1. The molecule has 0 amide bonds. The van der Waals surface area contributed by atoms with Crippen molar-refractivity contribution in [2.24, 2.45) is 0 Å². The Morgan fingerprint density at radius 2 is 2.08 bits per heavy atom. The van der Waals surface area contributed by atoms with E-state index >= 15 is 0 Å². The summed E-state index contributed by atoms with van der Waals surface area (Å²) in [6, 6.07) is 5.23. The molecular formula is C17H21N3O3S. The highest BCUT2D eigenvalue weighted by atomic mass is 32.2. The minimum absolute atomic E-state index is 0.00507. The molecule has 0 atom stereocenters. The number of carbonyl (C=O) groups excluding carboxylic acids is 1. The first-order valence-corrected chi connectivity index (χ1v) is 9.01. The zero-order valence-electron chi connectivity index (χ0n) is 13.9. The third-order valence-electron chi connectivity index (χ3n) is 4.12. The van der Waals surface area contributed by atoms with Gasteiger partial charge in [0.2, 0.25) is 0 Å². The Hall–Kier alpha value is -2.02. The van der Waals surface area contributed by atoms with Crippen LogP contribution in [0.1, 0.15) is 35.4 Å². The van der Waals surface area contributed by atoms with Crippen molar-refractivity contribution >= 4 is 17.5 Å². The van der Waals surface area contributed by atoms with Crippen LogP contribution in [0, 0.1) is 0 Å². The van der Waals surface area contributed by atoms with Crippen molar-refractivity contribution in [3.8, 4) is 11.5 Å². The average Bonchev–Trinajstić information content (AvgIpc) is 2.85. The summed E-state index contributed by atoms with van der Waals surface area (Å²) in [6.07, 6.45) is 4.48. The molecule has 24 heavy (non-hydrogen) atoms. The van der Waals surface area contributed by atoms with Gasteiger partial charge in [-0.25, -0.2) is 0 Å². The van der Waals surface area contributed by atoms with Crippen molar-refractivity contribution in [3.05, 3.63) is 29.6 Å². The lowest BCUT2D eigenvalue weighted by molar-refractivity contribution is 0.101. The van der Waals surface area contributed by atoms with Crippen LogP contribution in [0.15, 0.2) is 23.4 Å². The fraction of sp³-hybridized carbons (Fsp3) is 0.471. The summed E-state index contributed by atoms with van der Waals surface area (Å²) in [5.41, 5.74) is 0.557. The maximum atomic E-state index is 12.6. The van der Waals surface area contributed by atoms with Crippen LogP contribution in [0.25, 0.3) is 0 Å². The summed E-state index contributed by atoms with van der Waals surface area (Å²) in [6.45, 7) is 0.935. The summed E-state index contributed by atoms with van der Waals surface area (Å²) >= 11 is 1.44. The molecule has 3 rings (SSSR count). The van der Waals surface area contributed by atoms with Gasteiger partial charge in [0.05, 0.1) is 25.5 Å². The van der Waals surface area contributed by atoms with Crippen LogP contribution in [-0.2, 0) is 13.0 Å². The van der Waals surface area contributed by atoms with Crippen LogP contribution < -0.4 is 9.47 Å². The first-order valence-electron chi connectivity index (χ1n) is 8.03. The van der Waals surface area contributed by atoms with Crippen LogP contribution in [0.5, 0.6) is 11.5 Å². The van der Waals surface area contributed by atoms with E-state index in [0.29, 0.717) is 22.8 Å². The molecule has 0 fully saturated rings. The quantitative estimate of drug-likeness (QED) is 0.591. The number of methoxy groups -OCH3 is 2. The van der Waals surface area contributed by atoms with Crippen molar-refractivity contribution in [2.45, 2.75) is 37.4 Å². The summed E-state index contributed by atoms with van der Waals surface area (Å²) in [5, 5.41) is 9.34. The number of benzene rings is 1. The number of fused-ring (bicyclic) bond motifs is 1. The lowest BCUT2D eigenvalue weighted by Gasteiger charge is -2.10. The highest BCUT2D eigenvalue weighted by Gasteiger charge is 2.18. The monoisotopic (exact) mass is 347 g/mol. The Kier molecular flexibility index (Phi) is 5.40. The summed E-state index contributed by atoms with van der Waals surface area (Å²) in [5.74, 6) is 2.54. The molecule has 1 aliphatic heterocycles. The van der Waals surface area contributed by atoms with E-state index < -0.39 is 0 Å². The first kappa shape index (κ1) is 16.8. The van der Waals surface area contributed by atoms with Gasteiger partial charge in [-0.05, 0) is 25.0 Å². The molecule has 0 spiro atoms. The maximum absolute atomic E-state index is 12.6. The highest BCUT2D eigenvalue weighted by molar-refractivity contribution is 7.99. The summed E-state index contributed by atoms with van der Waals surface area (Å²) < 4.78 is 12.6. The molecule has 0 bridgehead atoms. The van der Waals surface area contributed by atoms with E-state index in [0.717, 1.165) is 36.8 Å². The van der Waals surface area contributed by atoms with Gasteiger partial charge >= 0.3 is 0 Å². The van der Waals surface area contributed by atoms with Crippen LogP contribution in [0.4, 0.5) is 0 Å². The molecule has 0 radical (unpaired) electrons. The Labute approximate surface area is 145 Å². The van der Waals surface area contributed by atoms with E-state index in [4.69, 9.17) is 9.47 Å². The van der Waals surface area contributed by atoms with Gasteiger partial charge in [-0.1, -0.05) is 18.2 Å². The van der Waals surface area contributed by atoms with Crippen molar-refractivity contribution < 1.29 is 14.3 Å². The molecule has 7 heteroatoms. The number of aromatic nitrogens is 3. The van der Waals surface area contributed by atoms with E-state index in [9.17, 15) is 4.79 Å². The lowest BCUT2D eigenvalue weighted by Crippen LogP contribution is -2.07. The number of thioether (sulfide) groups is 1. The molecule has 1 aliphatic rings. The predicted octanol–water partition coefficient (Wildman–Crippen LogP) is 3.00. The van der Waals surface area contributed by atoms with Crippen molar-refractivity contribution in [3.63, 3.8) is 0 Å². The number of aryl methyl sites for hydroxylation is 1. The topological polar surface area (TPSA) is 66.2 Å². The molecule has 0 aliphatic carbocycles. The Balaban J connectivity index is 1.71. The highest BCUT2D eigenvalue weighted by Crippen LogP contribution is 2.27. The van der Waals surface area contributed by atoms with Crippen molar-refractivity contribution in [2.75, 3.05) is 20.0 Å². The number of ether oxygens (including phenoxy) is 2. The van der Waals surface area contributed by atoms with Gasteiger partial charge in [0.1, 0.15) is 17.3 Å². The number of hydrogen-bond acceptors (Lipinski definition) is 6. The van der Waals surface area contributed by atoms with Crippen LogP contribution >= 0.6 is 11.8 Å². The third-order valence-corrected chi connectivity index (χ3v) is 5.08. The normalized spacial score (nSPS) is 13.9. The fourth-order valence-electron chi connectivity index (χ4n) is 2.80. The molecule has 1 aromatic carbocycles. The van der Waals surface area contributed by atoms with Gasteiger partial charge in [-0.2, -0.15) is 0 Å². The molecular weight excluding hydrogens is 326 g/mol. The number of ketones is 1. The second-order valence-electron chi connectivity index (χ2n) is 5.64. The number of rotatable bonds is 6. The van der Waals surface area contributed by atoms with Crippen LogP contribution in [0.2, 0.25) is 0 Å². The first-order chi connectivity index (χ1) is 11.7.